The third-order valence-electron chi connectivity index (χ3n) is 10.2. The van der Waals surface area contributed by atoms with Gasteiger partial charge in [-0.3, -0.25) is 0 Å². The molecule has 0 atom stereocenters. The van der Waals surface area contributed by atoms with Crippen LogP contribution in [0.25, 0.3) is 44.8 Å². The van der Waals surface area contributed by atoms with E-state index in [2.05, 4.69) is 135 Å². The maximum Gasteiger partial charge on any atom is 0.239 e. The molecule has 55 heavy (non-hydrogen) atoms. The number of pyridine rings is 2. The van der Waals surface area contributed by atoms with Gasteiger partial charge in [0.15, 0.2) is 0 Å². The summed E-state index contributed by atoms with van der Waals surface area (Å²) in [5.41, 5.74) is 15.4. The summed E-state index contributed by atoms with van der Waals surface area (Å²) in [6, 6.07) is 56.3. The molecule has 0 amide bonds. The number of aromatic nitrogens is 2. The van der Waals surface area contributed by atoms with Crippen molar-refractivity contribution in [1.82, 2.24) is 9.97 Å². The van der Waals surface area contributed by atoms with Crippen molar-refractivity contribution in [3.05, 3.63) is 187 Å². The van der Waals surface area contributed by atoms with E-state index in [0.717, 1.165) is 67.5 Å². The minimum absolute atomic E-state index is 0. The Labute approximate surface area is 336 Å². The van der Waals surface area contributed by atoms with Gasteiger partial charge >= 0.3 is 0 Å². The van der Waals surface area contributed by atoms with Gasteiger partial charge in [0.2, 0.25) is 6.71 Å². The molecular formula is C49H35BIrN2O2-2. The monoisotopic (exact) mass is 887 g/mol. The van der Waals surface area contributed by atoms with E-state index in [-0.39, 0.29) is 26.8 Å². The van der Waals surface area contributed by atoms with Gasteiger partial charge in [0.25, 0.3) is 0 Å². The molecule has 10 rings (SSSR count). The summed E-state index contributed by atoms with van der Waals surface area (Å²) in [6.45, 7) is 6.32. The largest absolute Gasteiger partial charge is 0.503 e. The topological polar surface area (TPSA) is 44.2 Å². The van der Waals surface area contributed by atoms with Gasteiger partial charge in [-0.05, 0) is 81.7 Å². The van der Waals surface area contributed by atoms with Crippen LogP contribution in [0.2, 0.25) is 0 Å². The smallest absolute Gasteiger partial charge is 0.239 e. The van der Waals surface area contributed by atoms with Crippen LogP contribution >= 0.6 is 0 Å². The molecule has 6 heteroatoms. The normalized spacial score (nSPS) is 11.7. The quantitative estimate of drug-likeness (QED) is 0.131. The van der Waals surface area contributed by atoms with Crippen LogP contribution in [-0.4, -0.2) is 16.7 Å². The van der Waals surface area contributed by atoms with Gasteiger partial charge in [-0.2, -0.15) is 0 Å². The predicted octanol–water partition coefficient (Wildman–Crippen LogP) is 10.1. The van der Waals surface area contributed by atoms with Crippen molar-refractivity contribution in [2.24, 2.45) is 0 Å². The Morgan fingerprint density at radius 2 is 1.22 bits per heavy atom. The standard InChI is InChI=1S/C30H19BNO2.C19H16N.Ir/c1-19-8-2-3-9-21(19)20-14-16-25(32-18-20)22-15-17-28-29-30(22)34-27-13-7-5-11-24(27)31(29)23-10-4-6-12-26(23)33-28;1-14-8-10-17(11-9-14)19-12-18(15(2)13-20-19)16-6-4-3-5-7-16;/h2-14,16-18H,1H3;3-10,12-13H,1-2H3;/q2*-1;. The Bertz CT molecular complexity index is 2630. The zero-order chi connectivity index (χ0) is 36.6. The number of ether oxygens (including phenoxy) is 2. The van der Waals surface area contributed by atoms with Crippen molar-refractivity contribution in [3.8, 4) is 67.8 Å². The minimum atomic E-state index is 0. The molecule has 6 aromatic carbocycles. The summed E-state index contributed by atoms with van der Waals surface area (Å²) in [6.07, 6.45) is 3.86. The SMILES string of the molecule is Cc1c[c-]c(-c2cc(-c3ccccc3)c(C)cn2)cc1.Cc1ccccc1-c1ccc(-c2[c-]cc3c4c2Oc2ccccc2B4c2ccccc2O3)nc1.[Ir]. The van der Waals surface area contributed by atoms with E-state index in [0.29, 0.717) is 0 Å². The Kier molecular flexibility index (Phi) is 10.0. The van der Waals surface area contributed by atoms with E-state index in [4.69, 9.17) is 14.5 Å². The number of hydrogen-bond donors (Lipinski definition) is 0. The van der Waals surface area contributed by atoms with Crippen molar-refractivity contribution in [1.29, 1.82) is 0 Å². The van der Waals surface area contributed by atoms with Crippen molar-refractivity contribution < 1.29 is 29.6 Å². The second-order valence-electron chi connectivity index (χ2n) is 13.8. The molecule has 1 radical (unpaired) electrons. The molecule has 0 fully saturated rings. The van der Waals surface area contributed by atoms with Gasteiger partial charge in [-0.1, -0.05) is 127 Å². The average molecular weight is 887 g/mol. The van der Waals surface area contributed by atoms with Gasteiger partial charge < -0.3 is 19.4 Å². The molecule has 0 unspecified atom stereocenters. The predicted molar refractivity (Wildman–Crippen MR) is 220 cm³/mol. The molecule has 4 nitrogen and oxygen atoms in total. The number of para-hydroxylation sites is 2. The molecule has 0 bridgehead atoms. The number of benzene rings is 6. The Balaban J connectivity index is 0.000000175. The third kappa shape index (κ3) is 6.92. The Hall–Kier alpha value is -6.07. The van der Waals surface area contributed by atoms with Gasteiger partial charge in [-0.25, -0.2) is 0 Å². The van der Waals surface area contributed by atoms with Crippen LogP contribution in [-0.2, 0) is 20.1 Å². The number of nitrogens with zero attached hydrogens (tertiary/aromatic N) is 2. The second kappa shape index (κ2) is 15.4. The zero-order valence-corrected chi connectivity index (χ0v) is 33.0. The van der Waals surface area contributed by atoms with Crippen LogP contribution in [0, 0.1) is 32.9 Å². The van der Waals surface area contributed by atoms with Gasteiger partial charge in [0, 0.05) is 44.0 Å². The number of rotatable bonds is 4. The van der Waals surface area contributed by atoms with Crippen molar-refractivity contribution in [3.63, 3.8) is 0 Å². The van der Waals surface area contributed by atoms with E-state index in [1.807, 2.05) is 60.9 Å². The number of fused-ring (bicyclic) bond motifs is 4. The molecule has 2 aliphatic rings. The molecular weight excluding hydrogens is 852 g/mol. The maximum absolute atomic E-state index is 6.51. The molecule has 267 valence electrons. The minimum Gasteiger partial charge on any atom is -0.503 e. The van der Waals surface area contributed by atoms with Crippen molar-refractivity contribution in [2.45, 2.75) is 20.8 Å². The molecule has 2 aliphatic heterocycles. The van der Waals surface area contributed by atoms with Gasteiger partial charge in [-0.15, -0.1) is 47.5 Å². The van der Waals surface area contributed by atoms with E-state index in [9.17, 15) is 0 Å². The summed E-state index contributed by atoms with van der Waals surface area (Å²) in [7, 11) is 0. The van der Waals surface area contributed by atoms with Crippen LogP contribution < -0.4 is 25.9 Å². The van der Waals surface area contributed by atoms with Crippen LogP contribution in [0.1, 0.15) is 16.7 Å². The molecule has 0 spiro atoms. The van der Waals surface area contributed by atoms with Crippen LogP contribution in [0.4, 0.5) is 0 Å². The molecule has 4 heterocycles. The summed E-state index contributed by atoms with van der Waals surface area (Å²) >= 11 is 0. The van der Waals surface area contributed by atoms with E-state index >= 15 is 0 Å². The number of hydrogen-bond acceptors (Lipinski definition) is 4. The second-order valence-corrected chi connectivity index (χ2v) is 13.8. The molecule has 0 N–H and O–H groups in total. The fourth-order valence-corrected chi connectivity index (χ4v) is 7.37. The van der Waals surface area contributed by atoms with E-state index in [1.54, 1.807) is 0 Å². The van der Waals surface area contributed by atoms with E-state index < -0.39 is 0 Å². The summed E-state index contributed by atoms with van der Waals surface area (Å²) in [4.78, 5) is 9.35. The van der Waals surface area contributed by atoms with Gasteiger partial charge in [0.1, 0.15) is 11.5 Å². The van der Waals surface area contributed by atoms with Gasteiger partial charge in [0.05, 0.1) is 0 Å². The first-order valence-electron chi connectivity index (χ1n) is 18.2. The molecule has 0 saturated heterocycles. The fourth-order valence-electron chi connectivity index (χ4n) is 7.37. The van der Waals surface area contributed by atoms with Crippen LogP contribution in [0.15, 0.2) is 158 Å². The first-order chi connectivity index (χ1) is 26.5. The molecule has 8 aromatic rings. The molecule has 0 saturated carbocycles. The Morgan fingerprint density at radius 1 is 0.527 bits per heavy atom. The Morgan fingerprint density at radius 3 is 1.93 bits per heavy atom. The van der Waals surface area contributed by atoms with Crippen LogP contribution in [0.5, 0.6) is 23.0 Å². The third-order valence-corrected chi connectivity index (χ3v) is 10.2. The average Bonchev–Trinajstić information content (AvgIpc) is 3.22. The number of aryl methyl sites for hydroxylation is 3. The maximum atomic E-state index is 6.51. The fraction of sp³-hybridized carbons (Fsp3) is 0.0612. The van der Waals surface area contributed by atoms with Crippen molar-refractivity contribution in [2.75, 3.05) is 0 Å². The summed E-state index contributed by atoms with van der Waals surface area (Å²) in [5, 5.41) is 0. The molecule has 0 aliphatic carbocycles. The van der Waals surface area contributed by atoms with E-state index in [1.165, 1.54) is 33.4 Å². The molecule has 2 aromatic heterocycles. The van der Waals surface area contributed by atoms with Crippen LogP contribution in [0.3, 0.4) is 0 Å². The van der Waals surface area contributed by atoms with Crippen molar-refractivity contribution >= 4 is 23.1 Å². The summed E-state index contributed by atoms with van der Waals surface area (Å²) < 4.78 is 12.8. The first kappa shape index (κ1) is 35.9. The summed E-state index contributed by atoms with van der Waals surface area (Å²) in [5.74, 6) is 3.30. The first-order valence-corrected chi connectivity index (χ1v) is 18.2. The zero-order valence-electron chi connectivity index (χ0n) is 30.6.